The summed E-state index contributed by atoms with van der Waals surface area (Å²) in [6, 6.07) is 11.4. The monoisotopic (exact) mass is 245 g/mol. The van der Waals surface area contributed by atoms with Gasteiger partial charge in [0.15, 0.2) is 0 Å². The average molecular weight is 245 g/mol. The summed E-state index contributed by atoms with van der Waals surface area (Å²) in [5, 5.41) is 3.72. The second kappa shape index (κ2) is 6.94. The molecule has 1 saturated carbocycles. The van der Waals surface area contributed by atoms with Gasteiger partial charge in [-0.2, -0.15) is 0 Å². The van der Waals surface area contributed by atoms with Crippen molar-refractivity contribution in [2.24, 2.45) is 11.8 Å². The van der Waals surface area contributed by atoms with Gasteiger partial charge in [0.1, 0.15) is 0 Å². The van der Waals surface area contributed by atoms with Crippen LogP contribution in [0.3, 0.4) is 0 Å². The molecule has 1 aliphatic carbocycles. The Hall–Kier alpha value is -0.820. The van der Waals surface area contributed by atoms with Crippen molar-refractivity contribution in [2.45, 2.75) is 52.0 Å². The molecule has 0 aliphatic heterocycles. The van der Waals surface area contributed by atoms with Crippen LogP contribution in [0.4, 0.5) is 0 Å². The summed E-state index contributed by atoms with van der Waals surface area (Å²) in [5.41, 5.74) is 1.44. The highest BCUT2D eigenvalue weighted by atomic mass is 14.9. The predicted molar refractivity (Wildman–Crippen MR) is 78.7 cm³/mol. The van der Waals surface area contributed by atoms with Crippen molar-refractivity contribution < 1.29 is 0 Å². The Labute approximate surface area is 112 Å². The Kier molecular flexibility index (Phi) is 5.25. The number of hydrogen-bond acceptors (Lipinski definition) is 1. The fourth-order valence-corrected chi connectivity index (χ4v) is 2.94. The maximum atomic E-state index is 3.72. The van der Waals surface area contributed by atoms with Crippen LogP contribution in [0.2, 0.25) is 0 Å². The van der Waals surface area contributed by atoms with Crippen LogP contribution >= 0.6 is 0 Å². The lowest BCUT2D eigenvalue weighted by Crippen LogP contribution is -2.34. The van der Waals surface area contributed by atoms with Crippen LogP contribution in [0.5, 0.6) is 0 Å². The van der Waals surface area contributed by atoms with Crippen molar-refractivity contribution in [3.8, 4) is 0 Å². The molecule has 1 N–H and O–H groups in total. The molecule has 0 saturated heterocycles. The normalized spacial score (nSPS) is 25.9. The molecule has 1 atom stereocenters. The minimum Gasteiger partial charge on any atom is -0.314 e. The van der Waals surface area contributed by atoms with Gasteiger partial charge in [-0.3, -0.25) is 0 Å². The van der Waals surface area contributed by atoms with Crippen LogP contribution in [0, 0.1) is 11.8 Å². The van der Waals surface area contributed by atoms with E-state index in [1.165, 1.54) is 37.8 Å². The molecule has 0 radical (unpaired) electrons. The number of rotatable bonds is 5. The van der Waals surface area contributed by atoms with Crippen LogP contribution in [0.25, 0.3) is 0 Å². The third kappa shape index (κ3) is 4.45. The molecule has 0 heterocycles. The van der Waals surface area contributed by atoms with Gasteiger partial charge < -0.3 is 5.32 Å². The van der Waals surface area contributed by atoms with E-state index in [9.17, 15) is 0 Å². The van der Waals surface area contributed by atoms with E-state index in [0.29, 0.717) is 6.04 Å². The molecule has 0 bridgehead atoms. The molecular formula is C17H27N. The highest BCUT2D eigenvalue weighted by Crippen LogP contribution is 2.27. The SMILES string of the molecule is CC1CCC(CNC(C)Cc2ccccc2)CC1. The third-order valence-electron chi connectivity index (χ3n) is 4.28. The Morgan fingerprint density at radius 1 is 1.11 bits per heavy atom. The molecule has 100 valence electrons. The van der Waals surface area contributed by atoms with Crippen molar-refractivity contribution in [3.63, 3.8) is 0 Å². The van der Waals surface area contributed by atoms with Gasteiger partial charge in [0.05, 0.1) is 0 Å². The van der Waals surface area contributed by atoms with Gasteiger partial charge in [0.2, 0.25) is 0 Å². The van der Waals surface area contributed by atoms with Crippen LogP contribution in [-0.4, -0.2) is 12.6 Å². The molecule has 0 amide bonds. The van der Waals surface area contributed by atoms with Crippen LogP contribution in [-0.2, 0) is 6.42 Å². The van der Waals surface area contributed by atoms with Crippen molar-refractivity contribution in [1.82, 2.24) is 5.32 Å². The zero-order chi connectivity index (χ0) is 12.8. The molecule has 18 heavy (non-hydrogen) atoms. The van der Waals surface area contributed by atoms with Gasteiger partial charge in [0.25, 0.3) is 0 Å². The van der Waals surface area contributed by atoms with E-state index in [4.69, 9.17) is 0 Å². The first-order chi connectivity index (χ1) is 8.74. The van der Waals surface area contributed by atoms with Crippen molar-refractivity contribution in [3.05, 3.63) is 35.9 Å². The van der Waals surface area contributed by atoms with Gasteiger partial charge in [-0.05, 0) is 50.1 Å². The largest absolute Gasteiger partial charge is 0.314 e. The summed E-state index contributed by atoms with van der Waals surface area (Å²) in [5.74, 6) is 1.88. The van der Waals surface area contributed by atoms with Crippen LogP contribution in [0.15, 0.2) is 30.3 Å². The number of nitrogens with one attached hydrogen (secondary N) is 1. The van der Waals surface area contributed by atoms with E-state index in [1.54, 1.807) is 0 Å². The Balaban J connectivity index is 1.67. The molecule has 1 aromatic rings. The van der Waals surface area contributed by atoms with E-state index in [0.717, 1.165) is 18.3 Å². The molecule has 1 unspecified atom stereocenters. The quantitative estimate of drug-likeness (QED) is 0.825. The highest BCUT2D eigenvalue weighted by Gasteiger charge is 2.18. The molecule has 2 rings (SSSR count). The molecular weight excluding hydrogens is 218 g/mol. The molecule has 0 aromatic heterocycles. The molecule has 1 aromatic carbocycles. The standard InChI is InChI=1S/C17H27N/c1-14-8-10-17(11-9-14)13-18-15(2)12-16-6-4-3-5-7-16/h3-7,14-15,17-18H,8-13H2,1-2H3. The molecule has 1 fully saturated rings. The zero-order valence-corrected chi connectivity index (χ0v) is 11.9. The maximum Gasteiger partial charge on any atom is 0.00792 e. The lowest BCUT2D eigenvalue weighted by atomic mass is 9.83. The highest BCUT2D eigenvalue weighted by molar-refractivity contribution is 5.15. The first-order valence-corrected chi connectivity index (χ1v) is 7.51. The lowest BCUT2D eigenvalue weighted by Gasteiger charge is -2.27. The second-order valence-electron chi connectivity index (χ2n) is 6.12. The minimum atomic E-state index is 0.590. The van der Waals surface area contributed by atoms with Crippen LogP contribution < -0.4 is 5.32 Å². The summed E-state index contributed by atoms with van der Waals surface area (Å²) >= 11 is 0. The summed E-state index contributed by atoms with van der Waals surface area (Å²) in [4.78, 5) is 0. The first kappa shape index (κ1) is 13.6. The van der Waals surface area contributed by atoms with Crippen molar-refractivity contribution in [1.29, 1.82) is 0 Å². The van der Waals surface area contributed by atoms with Crippen molar-refractivity contribution >= 4 is 0 Å². The lowest BCUT2D eigenvalue weighted by molar-refractivity contribution is 0.275. The van der Waals surface area contributed by atoms with E-state index >= 15 is 0 Å². The summed E-state index contributed by atoms with van der Waals surface area (Å²) in [6.07, 6.45) is 6.85. The molecule has 1 aliphatic rings. The number of benzene rings is 1. The third-order valence-corrected chi connectivity index (χ3v) is 4.28. The predicted octanol–water partition coefficient (Wildman–Crippen LogP) is 4.03. The van der Waals surface area contributed by atoms with E-state index in [-0.39, 0.29) is 0 Å². The topological polar surface area (TPSA) is 12.0 Å². The van der Waals surface area contributed by atoms with Crippen LogP contribution in [0.1, 0.15) is 45.1 Å². The van der Waals surface area contributed by atoms with E-state index in [1.807, 2.05) is 0 Å². The van der Waals surface area contributed by atoms with E-state index < -0.39 is 0 Å². The zero-order valence-electron chi connectivity index (χ0n) is 11.9. The smallest absolute Gasteiger partial charge is 0.00792 e. The number of hydrogen-bond donors (Lipinski definition) is 1. The molecule has 0 spiro atoms. The minimum absolute atomic E-state index is 0.590. The van der Waals surface area contributed by atoms with Gasteiger partial charge in [-0.1, -0.05) is 50.1 Å². The summed E-state index contributed by atoms with van der Waals surface area (Å²) in [7, 11) is 0. The molecule has 1 heteroatoms. The maximum absolute atomic E-state index is 3.72. The fourth-order valence-electron chi connectivity index (χ4n) is 2.94. The van der Waals surface area contributed by atoms with Gasteiger partial charge in [-0.15, -0.1) is 0 Å². The first-order valence-electron chi connectivity index (χ1n) is 7.51. The van der Waals surface area contributed by atoms with Gasteiger partial charge in [0, 0.05) is 6.04 Å². The Morgan fingerprint density at radius 3 is 2.44 bits per heavy atom. The van der Waals surface area contributed by atoms with E-state index in [2.05, 4.69) is 49.5 Å². The Morgan fingerprint density at radius 2 is 1.78 bits per heavy atom. The van der Waals surface area contributed by atoms with Gasteiger partial charge in [-0.25, -0.2) is 0 Å². The molecule has 1 nitrogen and oxygen atoms in total. The second-order valence-corrected chi connectivity index (χ2v) is 6.12. The fraction of sp³-hybridized carbons (Fsp3) is 0.647. The van der Waals surface area contributed by atoms with Crippen molar-refractivity contribution in [2.75, 3.05) is 6.54 Å². The Bertz CT molecular complexity index is 325. The summed E-state index contributed by atoms with van der Waals surface area (Å²) < 4.78 is 0. The van der Waals surface area contributed by atoms with Gasteiger partial charge >= 0.3 is 0 Å². The summed E-state index contributed by atoms with van der Waals surface area (Å²) in [6.45, 7) is 5.90. The average Bonchev–Trinajstić information content (AvgIpc) is 2.39.